The van der Waals surface area contributed by atoms with E-state index >= 15 is 0 Å². The molecule has 1 unspecified atom stereocenters. The zero-order chi connectivity index (χ0) is 40.4. The molecule has 0 aromatic carbocycles. The number of aliphatic imine (C=N–C) groups is 1. The summed E-state index contributed by atoms with van der Waals surface area (Å²) < 4.78 is 32.3. The minimum absolute atomic E-state index is 0.162. The summed E-state index contributed by atoms with van der Waals surface area (Å²) in [6, 6.07) is 3.26. The van der Waals surface area contributed by atoms with Crippen molar-refractivity contribution in [3.8, 4) is 0 Å². The van der Waals surface area contributed by atoms with E-state index in [1.54, 1.807) is 45.3 Å². The van der Waals surface area contributed by atoms with Crippen molar-refractivity contribution in [1.29, 1.82) is 0 Å². The van der Waals surface area contributed by atoms with Crippen LogP contribution in [0.5, 0.6) is 0 Å². The number of hydrogen-bond donors (Lipinski definition) is 2. The fraction of sp³-hybridized carbons (Fsp3) is 0.750. The number of hydrogen-bond acceptors (Lipinski definition) is 14. The maximum atomic E-state index is 14.4. The lowest BCUT2D eigenvalue weighted by atomic mass is 9.73. The van der Waals surface area contributed by atoms with E-state index in [1.807, 2.05) is 39.8 Å². The number of esters is 1. The molecular formula is C40H60N4O11. The Morgan fingerprint density at radius 2 is 1.71 bits per heavy atom. The van der Waals surface area contributed by atoms with Gasteiger partial charge >= 0.3 is 5.97 Å². The van der Waals surface area contributed by atoms with E-state index in [-0.39, 0.29) is 50.3 Å². The predicted molar refractivity (Wildman–Crippen MR) is 201 cm³/mol. The third-order valence-electron chi connectivity index (χ3n) is 11.8. The van der Waals surface area contributed by atoms with Gasteiger partial charge in [0, 0.05) is 42.4 Å². The van der Waals surface area contributed by atoms with Crippen molar-refractivity contribution in [3.05, 3.63) is 30.1 Å². The molecule has 0 radical (unpaired) electrons. The second-order valence-corrected chi connectivity index (χ2v) is 16.5. The van der Waals surface area contributed by atoms with E-state index in [4.69, 9.17) is 33.5 Å². The number of ether oxygens (including phenoxy) is 5. The minimum atomic E-state index is -1.82. The van der Waals surface area contributed by atoms with E-state index in [2.05, 4.69) is 10.1 Å². The largest absolute Gasteiger partial charge is 0.459 e. The molecular weight excluding hydrogens is 712 g/mol. The third-order valence-corrected chi connectivity index (χ3v) is 11.8. The molecule has 15 heteroatoms. The molecule has 0 saturated carbocycles. The van der Waals surface area contributed by atoms with Crippen molar-refractivity contribution in [3.63, 3.8) is 0 Å². The molecule has 14 atom stereocenters. The fourth-order valence-corrected chi connectivity index (χ4v) is 8.66. The molecule has 15 nitrogen and oxygen atoms in total. The molecule has 1 aromatic heterocycles. The standard InChI is InChI=1S/C40H60N4O11/c1-11-30-40(8,49)35-23(4)31-21(2)18-39(7,51-20-27(19-50-35)43-55-29(36(47)42-31)17-26-12-14-41-15-13-26)34(24(5)32(45)25(6)37(48)53-30)54-38-33(46)28(44(9)10)16-22(3)52-38/h12-15,21-25,28-30,33-35,38,46,49H,11,16-20H2,1-10H3/b42-31?,43-27-/t21-,22-,23+,24+,25-,28+,29?,30-,33-,34-,35-,38+,39-,40-/m1/s1. The van der Waals surface area contributed by atoms with Crippen LogP contribution in [0.3, 0.4) is 0 Å². The van der Waals surface area contributed by atoms with Crippen LogP contribution in [0, 0.1) is 23.7 Å². The van der Waals surface area contributed by atoms with Crippen molar-refractivity contribution >= 4 is 29.1 Å². The number of cyclic esters (lactones) is 1. The first-order valence-corrected chi connectivity index (χ1v) is 19.5. The molecule has 4 aliphatic heterocycles. The molecule has 4 bridgehead atoms. The van der Waals surface area contributed by atoms with Gasteiger partial charge in [0.15, 0.2) is 12.1 Å². The molecule has 5 rings (SSSR count). The fourth-order valence-electron chi connectivity index (χ4n) is 8.66. The van der Waals surface area contributed by atoms with Gasteiger partial charge in [-0.1, -0.05) is 32.9 Å². The second-order valence-electron chi connectivity index (χ2n) is 16.5. The van der Waals surface area contributed by atoms with Crippen LogP contribution in [-0.4, -0.2) is 137 Å². The number of aliphatic hydroxyl groups excluding tert-OH is 1. The summed E-state index contributed by atoms with van der Waals surface area (Å²) in [5, 5.41) is 28.3. The minimum Gasteiger partial charge on any atom is -0.459 e. The lowest BCUT2D eigenvalue weighted by Gasteiger charge is -2.47. The van der Waals surface area contributed by atoms with Gasteiger partial charge < -0.3 is 43.6 Å². The highest BCUT2D eigenvalue weighted by Gasteiger charge is 2.53. The van der Waals surface area contributed by atoms with Crippen LogP contribution >= 0.6 is 0 Å². The highest BCUT2D eigenvalue weighted by molar-refractivity contribution is 6.01. The van der Waals surface area contributed by atoms with E-state index in [0.717, 1.165) is 5.56 Å². The number of carbonyl (C=O) groups excluding carboxylic acids is 3. The number of pyridine rings is 1. The Morgan fingerprint density at radius 1 is 1.02 bits per heavy atom. The number of ketones is 1. The lowest BCUT2D eigenvalue weighted by Crippen LogP contribution is -2.60. The molecule has 55 heavy (non-hydrogen) atoms. The van der Waals surface area contributed by atoms with Gasteiger partial charge in [0.2, 0.25) is 6.10 Å². The molecule has 306 valence electrons. The van der Waals surface area contributed by atoms with Crippen LogP contribution in [0.2, 0.25) is 0 Å². The number of likely N-dealkylation sites (N-methyl/N-ethyl adjacent to an activating group) is 1. The van der Waals surface area contributed by atoms with Gasteiger partial charge in [-0.15, -0.1) is 0 Å². The Morgan fingerprint density at radius 3 is 2.36 bits per heavy atom. The number of nitrogens with zero attached hydrogens (tertiary/aromatic N) is 4. The summed E-state index contributed by atoms with van der Waals surface area (Å²) in [7, 11) is 3.74. The SMILES string of the molecule is CC[C@H]1OC(=O)[C@H](C)C(=O)[C@H](C)[C@@H](O[C@@H]2O[C@H](C)C[C@H](N(C)C)[C@H]2O)[C@@]2(C)C[C@@H](C)C3=NC(=O)C(Cc4ccncc4)O/N=C(/CO[C@H]([C@H]3C)[C@]1(C)O)CO2. The van der Waals surface area contributed by atoms with Gasteiger partial charge in [0.25, 0.3) is 5.91 Å². The Hall–Kier alpha value is -3.18. The van der Waals surface area contributed by atoms with Crippen molar-refractivity contribution in [2.45, 2.75) is 141 Å². The average molecular weight is 773 g/mol. The molecule has 1 amide bonds. The average Bonchev–Trinajstić information content (AvgIpc) is 3.17. The monoisotopic (exact) mass is 772 g/mol. The lowest BCUT2D eigenvalue weighted by molar-refractivity contribution is -0.296. The number of oxime groups is 1. The maximum absolute atomic E-state index is 14.4. The number of carbonyl (C=O) groups is 3. The van der Waals surface area contributed by atoms with Gasteiger partial charge in [0.1, 0.15) is 29.4 Å². The topological polar surface area (TPSA) is 188 Å². The molecule has 4 aliphatic rings. The van der Waals surface area contributed by atoms with Crippen LogP contribution in [0.15, 0.2) is 34.7 Å². The summed E-state index contributed by atoms with van der Waals surface area (Å²) in [4.78, 5) is 59.1. The zero-order valence-electron chi connectivity index (χ0n) is 33.8. The summed E-state index contributed by atoms with van der Waals surface area (Å²) >= 11 is 0. The smallest absolute Gasteiger partial charge is 0.316 e. The maximum Gasteiger partial charge on any atom is 0.316 e. The number of amides is 1. The Labute approximate surface area is 324 Å². The predicted octanol–water partition coefficient (Wildman–Crippen LogP) is 2.92. The van der Waals surface area contributed by atoms with Crippen molar-refractivity contribution in [1.82, 2.24) is 9.88 Å². The van der Waals surface area contributed by atoms with Crippen molar-refractivity contribution in [2.75, 3.05) is 27.3 Å². The van der Waals surface area contributed by atoms with E-state index < -0.39 is 89.3 Å². The number of fused-ring (bicyclic) bond motifs is 4. The van der Waals surface area contributed by atoms with Crippen molar-refractivity contribution in [2.24, 2.45) is 33.8 Å². The first-order chi connectivity index (χ1) is 25.9. The van der Waals surface area contributed by atoms with Crippen molar-refractivity contribution < 1.29 is 53.1 Å². The van der Waals surface area contributed by atoms with Crippen LogP contribution in [0.1, 0.15) is 80.2 Å². The van der Waals surface area contributed by atoms with Crippen LogP contribution in [0.25, 0.3) is 0 Å². The molecule has 3 fully saturated rings. The highest BCUT2D eigenvalue weighted by atomic mass is 16.7. The van der Waals surface area contributed by atoms with E-state index in [9.17, 15) is 24.6 Å². The Balaban J connectivity index is 1.70. The molecule has 5 heterocycles. The molecule has 0 spiro atoms. The van der Waals surface area contributed by atoms with Crippen LogP contribution in [-0.2, 0) is 49.3 Å². The third kappa shape index (κ3) is 9.35. The summed E-state index contributed by atoms with van der Waals surface area (Å²) in [6.07, 6.45) is -2.59. The van der Waals surface area contributed by atoms with E-state index in [1.165, 1.54) is 13.8 Å². The Kier molecular flexibility index (Phi) is 13.7. The molecule has 2 N–H and O–H groups in total. The first-order valence-electron chi connectivity index (χ1n) is 19.5. The molecule has 1 aromatic rings. The normalized spacial score (nSPS) is 41.9. The molecule has 0 aliphatic carbocycles. The van der Waals surface area contributed by atoms with Gasteiger partial charge in [-0.25, -0.2) is 4.99 Å². The number of rotatable bonds is 6. The molecule has 3 saturated heterocycles. The second kappa shape index (κ2) is 17.5. The number of aromatic nitrogens is 1. The number of aliphatic hydroxyl groups is 2. The van der Waals surface area contributed by atoms with Crippen LogP contribution < -0.4 is 0 Å². The number of Topliss-reactive ketones (excluding diaryl/α,β-unsaturated/α-hetero) is 1. The zero-order valence-corrected chi connectivity index (χ0v) is 33.8. The van der Waals surface area contributed by atoms with E-state index in [0.29, 0.717) is 12.1 Å². The van der Waals surface area contributed by atoms with Gasteiger partial charge in [-0.05, 0) is 84.7 Å². The summed E-state index contributed by atoms with van der Waals surface area (Å²) in [5.41, 5.74) is -1.74. The first kappa shape index (κ1) is 43.0. The quantitative estimate of drug-likeness (QED) is 0.318. The highest BCUT2D eigenvalue weighted by Crippen LogP contribution is 2.40. The van der Waals surface area contributed by atoms with Crippen LogP contribution in [0.4, 0.5) is 0 Å². The summed E-state index contributed by atoms with van der Waals surface area (Å²) in [6.45, 7) is 13.5. The van der Waals surface area contributed by atoms with Gasteiger partial charge in [-0.3, -0.25) is 19.4 Å². The Bertz CT molecular complexity index is 1590. The van der Waals surface area contributed by atoms with Gasteiger partial charge in [0.05, 0.1) is 37.1 Å². The summed E-state index contributed by atoms with van der Waals surface area (Å²) in [5.74, 6) is -5.37. The van der Waals surface area contributed by atoms with Gasteiger partial charge in [-0.2, -0.15) is 0 Å².